The molecule has 0 aromatic rings. The molecule has 26 valence electrons. The Morgan fingerprint density at radius 2 is 1.50 bits per heavy atom. The van der Waals surface area contributed by atoms with Gasteiger partial charge < -0.3 is 0 Å². The third-order valence-electron chi connectivity index (χ3n) is 0. The van der Waals surface area contributed by atoms with Gasteiger partial charge in [-0.3, -0.25) is 0 Å². The van der Waals surface area contributed by atoms with Crippen molar-refractivity contribution in [2.75, 3.05) is 14.1 Å². The lowest BCUT2D eigenvalue weighted by Crippen LogP contribution is -1.89. The average molecular weight is 79.5 g/mol. The summed E-state index contributed by atoms with van der Waals surface area (Å²) in [5.41, 5.74) is 0. The first-order chi connectivity index (χ1) is 1.73. The van der Waals surface area contributed by atoms with Crippen molar-refractivity contribution in [2.24, 2.45) is 0 Å². The van der Waals surface area contributed by atoms with Gasteiger partial charge >= 0.3 is 0 Å². The Kier molecular flexibility index (Phi) is 1.66. The molecule has 0 bridgehead atoms. The summed E-state index contributed by atoms with van der Waals surface area (Å²) in [4.78, 5) is 0. The Hall–Kier alpha value is 0.250. The van der Waals surface area contributed by atoms with Crippen molar-refractivity contribution >= 4 is 11.8 Å². The van der Waals surface area contributed by atoms with E-state index in [1.54, 1.807) is 14.1 Å². The maximum absolute atomic E-state index is 5.11. The molecule has 0 aliphatic rings. The first-order valence-electron chi connectivity index (χ1n) is 1.06. The second-order valence-corrected chi connectivity index (χ2v) is 1.46. The van der Waals surface area contributed by atoms with Gasteiger partial charge in [-0.15, -0.1) is 0 Å². The van der Waals surface area contributed by atoms with Crippen LogP contribution in [0.15, 0.2) is 0 Å². The molecule has 0 spiro atoms. The predicted molar refractivity (Wildman–Crippen MR) is 19.5 cm³/mol. The summed E-state index contributed by atoms with van der Waals surface area (Å²) in [5.74, 6) is 0. The van der Waals surface area contributed by atoms with Crippen LogP contribution in [0.25, 0.3) is 0 Å². The number of halogens is 1. The Morgan fingerprint density at radius 3 is 1.50 bits per heavy atom. The highest BCUT2D eigenvalue weighted by Gasteiger charge is 1.62. The molecule has 0 aliphatic carbocycles. The van der Waals surface area contributed by atoms with E-state index < -0.39 is 0 Å². The molecule has 0 saturated carbocycles. The lowest BCUT2D eigenvalue weighted by Gasteiger charge is -1.85. The van der Waals surface area contributed by atoms with E-state index in [2.05, 4.69) is 0 Å². The van der Waals surface area contributed by atoms with Crippen LogP contribution in [-0.4, -0.2) is 18.5 Å². The van der Waals surface area contributed by atoms with Gasteiger partial charge in [0.2, 0.25) is 0 Å². The van der Waals surface area contributed by atoms with Crippen molar-refractivity contribution in [3.8, 4) is 0 Å². The van der Waals surface area contributed by atoms with Gasteiger partial charge in [-0.1, -0.05) is 0 Å². The second kappa shape index (κ2) is 1.56. The van der Waals surface area contributed by atoms with Crippen LogP contribution in [0, 0.1) is 0 Å². The topological polar surface area (TPSA) is 3.24 Å². The zero-order chi connectivity index (χ0) is 3.58. The normalized spacial score (nSPS) is 9.00. The largest absolute Gasteiger partial charge is 0.226 e. The molecule has 0 heterocycles. The first-order valence-corrected chi connectivity index (χ1v) is 1.40. The fourth-order valence-electron chi connectivity index (χ4n) is 0. The third-order valence-corrected chi connectivity index (χ3v) is 0. The van der Waals surface area contributed by atoms with Crippen LogP contribution in [0.5, 0.6) is 0 Å². The van der Waals surface area contributed by atoms with Gasteiger partial charge in [0.1, 0.15) is 0 Å². The number of hydrogen-bond donors (Lipinski definition) is 0. The smallest absolute Gasteiger partial charge is 0.00209 e. The maximum atomic E-state index is 5.11. The van der Waals surface area contributed by atoms with Crippen LogP contribution < -0.4 is 0 Å². The molecule has 0 atom stereocenters. The number of rotatable bonds is 0. The van der Waals surface area contributed by atoms with Gasteiger partial charge in [-0.2, -0.15) is 0 Å². The molecule has 0 aromatic heterocycles. The van der Waals surface area contributed by atoms with E-state index in [1.807, 2.05) is 0 Å². The Labute approximate surface area is 31.3 Å². The van der Waals surface area contributed by atoms with Gasteiger partial charge in [0.15, 0.2) is 0 Å². The molecule has 0 saturated heterocycles. The standard InChI is InChI=1S/C2H6ClN/c1-4(2)3/h1-2H3. The minimum atomic E-state index is 1.47. The minimum Gasteiger partial charge on any atom is -0.226 e. The van der Waals surface area contributed by atoms with Crippen LogP contribution >= 0.6 is 11.8 Å². The van der Waals surface area contributed by atoms with E-state index in [4.69, 9.17) is 11.8 Å². The monoisotopic (exact) mass is 79.0 g/mol. The quantitative estimate of drug-likeness (QED) is 0.387. The minimum absolute atomic E-state index is 1.47. The lowest BCUT2D eigenvalue weighted by molar-refractivity contribution is 0.681. The van der Waals surface area contributed by atoms with Crippen LogP contribution in [0.4, 0.5) is 0 Å². The van der Waals surface area contributed by atoms with Crippen LogP contribution in [0.2, 0.25) is 0 Å². The highest BCUT2D eigenvalue weighted by atomic mass is 35.5. The average Bonchev–Trinajstić information content (AvgIpc) is 0.811. The van der Waals surface area contributed by atoms with Crippen molar-refractivity contribution in [1.29, 1.82) is 0 Å². The number of hydrogen-bond acceptors (Lipinski definition) is 1. The zero-order valence-corrected chi connectivity index (χ0v) is 3.58. The molecule has 1 nitrogen and oxygen atoms in total. The molecule has 0 fully saturated rings. The van der Waals surface area contributed by atoms with Gasteiger partial charge in [0.25, 0.3) is 0 Å². The molecule has 2 heteroatoms. The number of nitrogens with zero attached hydrogens (tertiary/aromatic N) is 1. The van der Waals surface area contributed by atoms with Crippen LogP contribution in [0.1, 0.15) is 0 Å². The summed E-state index contributed by atoms with van der Waals surface area (Å²) in [6.45, 7) is 0. The van der Waals surface area contributed by atoms with Crippen molar-refractivity contribution in [2.45, 2.75) is 0 Å². The molecule has 0 amide bonds. The van der Waals surface area contributed by atoms with Gasteiger partial charge in [-0.25, -0.2) is 4.42 Å². The summed E-state index contributed by atoms with van der Waals surface area (Å²) in [5, 5.41) is 0. The fourth-order valence-corrected chi connectivity index (χ4v) is 0. The molecule has 0 unspecified atom stereocenters. The summed E-state index contributed by atoms with van der Waals surface area (Å²) in [7, 11) is 3.53. The van der Waals surface area contributed by atoms with E-state index in [0.29, 0.717) is 0 Å². The SMILES string of the molecule is CN(C)Cl. The third kappa shape index (κ3) is 56.3. The Bertz CT molecular complexity index is 10.8. The summed E-state index contributed by atoms with van der Waals surface area (Å²) in [6.07, 6.45) is 0. The van der Waals surface area contributed by atoms with Crippen molar-refractivity contribution in [3.63, 3.8) is 0 Å². The molecular weight excluding hydrogens is 73.5 g/mol. The molecule has 0 radical (unpaired) electrons. The van der Waals surface area contributed by atoms with Crippen LogP contribution in [0.3, 0.4) is 0 Å². The lowest BCUT2D eigenvalue weighted by atomic mass is 11.3. The van der Waals surface area contributed by atoms with Crippen molar-refractivity contribution < 1.29 is 0 Å². The molecule has 0 rings (SSSR count). The summed E-state index contributed by atoms with van der Waals surface area (Å²) in [6, 6.07) is 0. The van der Waals surface area contributed by atoms with Crippen molar-refractivity contribution in [3.05, 3.63) is 0 Å². The predicted octanol–water partition coefficient (Wildman–Crippen LogP) is 0.702. The Balaban J connectivity index is 2.32. The van der Waals surface area contributed by atoms with E-state index in [9.17, 15) is 0 Å². The molecular formula is C2H6ClN. The van der Waals surface area contributed by atoms with E-state index in [0.717, 1.165) is 0 Å². The van der Waals surface area contributed by atoms with E-state index in [1.165, 1.54) is 4.42 Å². The van der Waals surface area contributed by atoms with Crippen LogP contribution in [-0.2, 0) is 0 Å². The molecule has 0 aliphatic heterocycles. The molecule has 4 heavy (non-hydrogen) atoms. The second-order valence-electron chi connectivity index (χ2n) is 0.785. The van der Waals surface area contributed by atoms with Gasteiger partial charge in [0.05, 0.1) is 0 Å². The highest BCUT2D eigenvalue weighted by molar-refractivity contribution is 6.12. The molecule has 0 aromatic carbocycles. The fraction of sp³-hybridized carbons (Fsp3) is 1.00. The highest BCUT2D eigenvalue weighted by Crippen LogP contribution is 1.71. The van der Waals surface area contributed by atoms with E-state index in [-0.39, 0.29) is 0 Å². The summed E-state index contributed by atoms with van der Waals surface area (Å²) >= 11 is 5.11. The first kappa shape index (κ1) is 4.25. The van der Waals surface area contributed by atoms with E-state index >= 15 is 0 Å². The van der Waals surface area contributed by atoms with Gasteiger partial charge in [0, 0.05) is 14.1 Å². The van der Waals surface area contributed by atoms with Gasteiger partial charge in [-0.05, 0) is 11.8 Å². The molecule has 0 N–H and O–H groups in total. The maximum Gasteiger partial charge on any atom is 0.00209 e. The Morgan fingerprint density at radius 1 is 1.50 bits per heavy atom. The zero-order valence-electron chi connectivity index (χ0n) is 2.83. The van der Waals surface area contributed by atoms with Crippen molar-refractivity contribution in [1.82, 2.24) is 4.42 Å². The summed E-state index contributed by atoms with van der Waals surface area (Å²) < 4.78 is 1.47.